The fourth-order valence-electron chi connectivity index (χ4n) is 9.56. The molecular weight excluding hydrogens is 725 g/mol. The molecule has 4 N–H and O–H groups in total. The molecule has 9 heteroatoms. The quantitative estimate of drug-likeness (QED) is 0.0614. The number of unbranched alkanes of at least 4 members (excludes halogenated alkanes) is 2. The molecule has 6 rings (SSSR count). The highest BCUT2D eigenvalue weighted by molar-refractivity contribution is 6.24. The van der Waals surface area contributed by atoms with Gasteiger partial charge in [0.1, 0.15) is 5.92 Å². The van der Waals surface area contributed by atoms with Crippen LogP contribution in [0.25, 0.3) is 29.9 Å². The average Bonchev–Trinajstić information content (AvgIpc) is 3.94. The van der Waals surface area contributed by atoms with Gasteiger partial charge in [-0.25, -0.2) is 0 Å². The van der Waals surface area contributed by atoms with Crippen LogP contribution in [0, 0.1) is 50.4 Å². The Kier molecular flexibility index (Phi) is 13.6. The van der Waals surface area contributed by atoms with Crippen molar-refractivity contribution < 1.29 is 23.9 Å². The largest absolute Gasteiger partial charge is 0.468 e. The van der Waals surface area contributed by atoms with E-state index in [-0.39, 0.29) is 30.0 Å². The topological polar surface area (TPSA) is 129 Å². The summed E-state index contributed by atoms with van der Waals surface area (Å²) in [4.78, 5) is 52.2. The third kappa shape index (κ3) is 8.50. The monoisotopic (exact) mass is 791 g/mol. The summed E-state index contributed by atoms with van der Waals surface area (Å²) in [6.07, 6.45) is 19.4. The SMILES string of the molecule is C=Cc1c2[nH]c(c1C)/C=C1\N/C(=C3\c4[nH]c(c(C)c4C(=O)[C@@H]3C(=O)OC)/C=c3\[nH]/c(c(C)c3CC)=C\2)[C@@H](CCC(=O)OCCC(C)CCC[C@H](C)CCCCC)[C@@H]1C. The zero-order chi connectivity index (χ0) is 41.8. The van der Waals surface area contributed by atoms with Crippen LogP contribution in [-0.4, -0.2) is 46.4 Å². The molecule has 3 aromatic rings. The van der Waals surface area contributed by atoms with E-state index in [4.69, 9.17) is 9.47 Å². The van der Waals surface area contributed by atoms with Gasteiger partial charge in [0.05, 0.1) is 19.4 Å². The van der Waals surface area contributed by atoms with Crippen LogP contribution in [0.15, 0.2) is 18.0 Å². The van der Waals surface area contributed by atoms with Crippen molar-refractivity contribution in [2.45, 2.75) is 126 Å². The number of rotatable bonds is 17. The second-order valence-corrected chi connectivity index (χ2v) is 17.3. The lowest BCUT2D eigenvalue weighted by Gasteiger charge is -2.20. The molecule has 1 fully saturated rings. The van der Waals surface area contributed by atoms with Gasteiger partial charge in [-0.2, -0.15) is 0 Å². The number of esters is 2. The Balaban J connectivity index is 1.34. The minimum atomic E-state index is -1.13. The number of aromatic amines is 3. The van der Waals surface area contributed by atoms with E-state index in [1.54, 1.807) is 0 Å². The molecule has 5 heterocycles. The van der Waals surface area contributed by atoms with E-state index in [0.29, 0.717) is 35.8 Å². The Morgan fingerprint density at radius 3 is 2.24 bits per heavy atom. The Morgan fingerprint density at radius 2 is 1.55 bits per heavy atom. The lowest BCUT2D eigenvalue weighted by Crippen LogP contribution is -2.25. The molecule has 3 aromatic heterocycles. The fourth-order valence-corrected chi connectivity index (χ4v) is 9.56. The van der Waals surface area contributed by atoms with Gasteiger partial charge in [0.15, 0.2) is 5.78 Å². The van der Waals surface area contributed by atoms with Crippen molar-refractivity contribution in [3.8, 4) is 0 Å². The van der Waals surface area contributed by atoms with Gasteiger partial charge in [-0.1, -0.05) is 92.2 Å². The first-order chi connectivity index (χ1) is 27.8. The highest BCUT2D eigenvalue weighted by Gasteiger charge is 2.48. The van der Waals surface area contributed by atoms with Gasteiger partial charge < -0.3 is 29.7 Å². The lowest BCUT2D eigenvalue weighted by molar-refractivity contribution is -0.144. The first-order valence-corrected chi connectivity index (χ1v) is 21.8. The van der Waals surface area contributed by atoms with Gasteiger partial charge in [0, 0.05) is 74.1 Å². The maximum Gasteiger partial charge on any atom is 0.321 e. The van der Waals surface area contributed by atoms with E-state index >= 15 is 0 Å². The van der Waals surface area contributed by atoms with E-state index in [0.717, 1.165) is 86.6 Å². The van der Waals surface area contributed by atoms with Gasteiger partial charge in [-0.15, -0.1) is 0 Å². The van der Waals surface area contributed by atoms with Crippen LogP contribution in [-0.2, 0) is 25.5 Å². The fraction of sp³-hybridized carbons (Fsp3) is 0.531. The summed E-state index contributed by atoms with van der Waals surface area (Å²) < 4.78 is 11.1. The van der Waals surface area contributed by atoms with Crippen molar-refractivity contribution in [1.82, 2.24) is 20.3 Å². The molecule has 1 aliphatic carbocycles. The number of methoxy groups -OCH3 is 1. The number of Topliss-reactive ketones (excluding diaryl/α,β-unsaturated/α-hetero) is 1. The van der Waals surface area contributed by atoms with Gasteiger partial charge >= 0.3 is 11.9 Å². The zero-order valence-corrected chi connectivity index (χ0v) is 36.4. The first-order valence-electron chi connectivity index (χ1n) is 21.8. The number of hydrogen-bond donors (Lipinski definition) is 4. The molecule has 8 bridgehead atoms. The van der Waals surface area contributed by atoms with Gasteiger partial charge in [0.2, 0.25) is 0 Å². The summed E-state index contributed by atoms with van der Waals surface area (Å²) in [6, 6.07) is 0. The van der Waals surface area contributed by atoms with Gasteiger partial charge in [-0.05, 0) is 92.4 Å². The van der Waals surface area contributed by atoms with Gasteiger partial charge in [-0.3, -0.25) is 14.4 Å². The van der Waals surface area contributed by atoms with E-state index < -0.39 is 11.9 Å². The minimum Gasteiger partial charge on any atom is -0.468 e. The normalized spacial score (nSPS) is 22.6. The molecule has 9 nitrogen and oxygen atoms in total. The minimum absolute atomic E-state index is 0.0721. The molecule has 0 amide bonds. The second-order valence-electron chi connectivity index (χ2n) is 17.3. The Morgan fingerprint density at radius 1 is 0.862 bits per heavy atom. The summed E-state index contributed by atoms with van der Waals surface area (Å²) in [7, 11) is 1.33. The summed E-state index contributed by atoms with van der Waals surface area (Å²) in [5.74, 6) is -1.26. The van der Waals surface area contributed by atoms with Crippen LogP contribution in [0.5, 0.6) is 0 Å². The van der Waals surface area contributed by atoms with Crippen molar-refractivity contribution in [3.05, 3.63) is 84.8 Å². The maximum absolute atomic E-state index is 14.4. The zero-order valence-electron chi connectivity index (χ0n) is 36.4. The summed E-state index contributed by atoms with van der Waals surface area (Å²) in [5.41, 5.74) is 11.3. The maximum atomic E-state index is 14.4. The molecule has 3 aliphatic rings. The smallest absolute Gasteiger partial charge is 0.321 e. The predicted molar refractivity (Wildman–Crippen MR) is 234 cm³/mol. The number of hydrogen-bond acceptors (Lipinski definition) is 6. The number of H-pyrrole nitrogens is 3. The number of ketones is 1. The number of allylic oxidation sites excluding steroid dienone is 2. The van der Waals surface area contributed by atoms with Crippen molar-refractivity contribution in [2.75, 3.05) is 13.7 Å². The molecule has 1 unspecified atom stereocenters. The van der Waals surface area contributed by atoms with Crippen molar-refractivity contribution >= 4 is 47.6 Å². The lowest BCUT2D eigenvalue weighted by atomic mass is 9.85. The first kappa shape index (κ1) is 42.8. The van der Waals surface area contributed by atoms with Gasteiger partial charge in [0.25, 0.3) is 0 Å². The van der Waals surface area contributed by atoms with E-state index in [1.807, 2.05) is 13.0 Å². The van der Waals surface area contributed by atoms with Crippen LogP contribution in [0.3, 0.4) is 0 Å². The number of ether oxygens (including phenoxy) is 2. The van der Waals surface area contributed by atoms with Crippen molar-refractivity contribution in [2.24, 2.45) is 29.6 Å². The molecule has 58 heavy (non-hydrogen) atoms. The number of fused-ring (bicyclic) bond motifs is 7. The molecule has 0 saturated carbocycles. The molecular formula is C49H66N4O5. The summed E-state index contributed by atoms with van der Waals surface area (Å²) >= 11 is 0. The number of aromatic nitrogens is 3. The number of carbonyl (C=O) groups is 3. The standard InChI is InChI=1S/C49H66N4O5/c1-11-14-15-17-27(4)18-16-19-28(5)22-23-58-42(54)21-20-35-31(8)38-24-36-29(6)33(12-2)40(50-36)25-37-30(7)34(13-3)41(51-37)26-39-32(9)43-47(53-39)44(46(35)52-38)45(48(43)55)49(56)57-10/h12,24-28,31,35,45,50-53H,2,11,13-23H2,1,3-10H3/b37-25-,38-24-,41-26-,46-44-/t27-,28?,31+,35+,45-/m1/s1. The summed E-state index contributed by atoms with van der Waals surface area (Å²) in [5, 5.41) is 5.67. The molecule has 0 spiro atoms. The van der Waals surface area contributed by atoms with Crippen LogP contribution in [0.4, 0.5) is 0 Å². The summed E-state index contributed by atoms with van der Waals surface area (Å²) in [6.45, 7) is 21.9. The molecule has 0 radical (unpaired) electrons. The van der Waals surface area contributed by atoms with E-state index in [1.165, 1.54) is 51.2 Å². The number of nitrogens with one attached hydrogen (secondary N) is 4. The molecule has 2 aliphatic heterocycles. The Labute approximate surface area is 344 Å². The molecule has 312 valence electrons. The molecule has 1 saturated heterocycles. The van der Waals surface area contributed by atoms with E-state index in [9.17, 15) is 14.4 Å². The highest BCUT2D eigenvalue weighted by Crippen LogP contribution is 2.48. The highest BCUT2D eigenvalue weighted by atomic mass is 16.5. The predicted octanol–water partition coefficient (Wildman–Crippen LogP) is 9.10. The molecule has 5 atom stereocenters. The van der Waals surface area contributed by atoms with E-state index in [2.05, 4.69) is 93.5 Å². The Hall–Kier alpha value is -4.79. The second kappa shape index (κ2) is 18.4. The van der Waals surface area contributed by atoms with Crippen LogP contribution < -0.4 is 16.0 Å². The van der Waals surface area contributed by atoms with Crippen LogP contribution >= 0.6 is 0 Å². The molecule has 0 aromatic carbocycles. The third-order valence-electron chi connectivity index (χ3n) is 13.3. The van der Waals surface area contributed by atoms with Crippen LogP contribution in [0.2, 0.25) is 0 Å². The average molecular weight is 791 g/mol. The number of carbonyl (C=O) groups excluding carboxylic acids is 3. The van der Waals surface area contributed by atoms with Crippen molar-refractivity contribution in [1.29, 1.82) is 0 Å². The van der Waals surface area contributed by atoms with Crippen LogP contribution in [0.1, 0.15) is 160 Å². The van der Waals surface area contributed by atoms with Crippen molar-refractivity contribution in [3.63, 3.8) is 0 Å². The third-order valence-corrected chi connectivity index (χ3v) is 13.3. The Bertz CT molecular complexity index is 2240.